The van der Waals surface area contributed by atoms with Crippen LogP contribution in [0.15, 0.2) is 17.1 Å². The van der Waals surface area contributed by atoms with E-state index in [4.69, 9.17) is 18.9 Å². The quantitative estimate of drug-likeness (QED) is 0.165. The number of hydrogen-bond donors (Lipinski definition) is 2. The highest BCUT2D eigenvalue weighted by molar-refractivity contribution is 14.0. The summed E-state index contributed by atoms with van der Waals surface area (Å²) in [6, 6.07) is 3.71. The van der Waals surface area contributed by atoms with Crippen LogP contribution in [-0.2, 0) is 4.74 Å². The average Bonchev–Trinajstić information content (AvgIpc) is 2.99. The van der Waals surface area contributed by atoms with E-state index in [-0.39, 0.29) is 24.0 Å². The Hall–Kier alpha value is -1.42. The van der Waals surface area contributed by atoms with Crippen molar-refractivity contribution in [3.05, 3.63) is 12.1 Å². The molecule has 8 heteroatoms. The standard InChI is InChI=1S/C21H35N3O4.HI/c1-5-22-21(23-12-13-28-17-10-8-6-7-9-11-17)24-16-14-18(25-2)20(27-4)19(15-16)26-3;/h14-15,17H,5-13H2,1-4H3,(H2,22,23,24);1H. The lowest BCUT2D eigenvalue weighted by Gasteiger charge is -2.17. The molecule has 1 fully saturated rings. The molecule has 1 saturated carbocycles. The Labute approximate surface area is 191 Å². The van der Waals surface area contributed by atoms with Crippen molar-refractivity contribution in [2.45, 2.75) is 51.6 Å². The molecular weight excluding hydrogens is 485 g/mol. The molecule has 1 aromatic rings. The third kappa shape index (κ3) is 8.46. The second-order valence-electron chi connectivity index (χ2n) is 6.78. The molecule has 0 atom stereocenters. The molecule has 0 unspecified atom stereocenters. The van der Waals surface area contributed by atoms with Crippen molar-refractivity contribution < 1.29 is 18.9 Å². The molecule has 0 aliphatic heterocycles. The number of nitrogens with zero attached hydrogens (tertiary/aromatic N) is 1. The van der Waals surface area contributed by atoms with Crippen LogP contribution in [-0.4, -0.2) is 53.1 Å². The molecule has 2 N–H and O–H groups in total. The molecule has 0 heterocycles. The topological polar surface area (TPSA) is 73.3 Å². The third-order valence-electron chi connectivity index (χ3n) is 4.79. The van der Waals surface area contributed by atoms with Crippen LogP contribution in [0.25, 0.3) is 0 Å². The Morgan fingerprint density at radius 2 is 1.62 bits per heavy atom. The summed E-state index contributed by atoms with van der Waals surface area (Å²) in [5, 5.41) is 6.55. The van der Waals surface area contributed by atoms with Crippen LogP contribution in [0.5, 0.6) is 17.2 Å². The van der Waals surface area contributed by atoms with Gasteiger partial charge in [-0.1, -0.05) is 25.7 Å². The molecule has 0 amide bonds. The molecule has 0 radical (unpaired) electrons. The van der Waals surface area contributed by atoms with Gasteiger partial charge in [-0.3, -0.25) is 4.99 Å². The Morgan fingerprint density at radius 3 is 2.14 bits per heavy atom. The SMILES string of the molecule is CCNC(=NCCOC1CCCCCC1)Nc1cc(OC)c(OC)c(OC)c1.I. The minimum absolute atomic E-state index is 0. The second-order valence-corrected chi connectivity index (χ2v) is 6.78. The zero-order valence-electron chi connectivity index (χ0n) is 18.1. The summed E-state index contributed by atoms with van der Waals surface area (Å²) in [5.41, 5.74) is 0.805. The maximum Gasteiger partial charge on any atom is 0.203 e. The molecule has 0 saturated heterocycles. The zero-order valence-corrected chi connectivity index (χ0v) is 20.4. The van der Waals surface area contributed by atoms with Gasteiger partial charge >= 0.3 is 0 Å². The number of methoxy groups -OCH3 is 3. The molecule has 1 aliphatic carbocycles. The molecule has 166 valence electrons. The van der Waals surface area contributed by atoms with Gasteiger partial charge in [-0.2, -0.15) is 0 Å². The highest BCUT2D eigenvalue weighted by Crippen LogP contribution is 2.39. The number of aliphatic imine (C=N–C) groups is 1. The van der Waals surface area contributed by atoms with Crippen molar-refractivity contribution >= 4 is 35.6 Å². The van der Waals surface area contributed by atoms with Gasteiger partial charge in [0.2, 0.25) is 5.75 Å². The van der Waals surface area contributed by atoms with E-state index < -0.39 is 0 Å². The van der Waals surface area contributed by atoms with Crippen molar-refractivity contribution in [3.8, 4) is 17.2 Å². The summed E-state index contributed by atoms with van der Waals surface area (Å²) >= 11 is 0. The molecule has 0 aromatic heterocycles. The number of halogens is 1. The molecule has 29 heavy (non-hydrogen) atoms. The number of ether oxygens (including phenoxy) is 4. The predicted octanol–water partition coefficient (Wildman–Crippen LogP) is 4.45. The van der Waals surface area contributed by atoms with Gasteiger partial charge in [0, 0.05) is 24.4 Å². The highest BCUT2D eigenvalue weighted by Gasteiger charge is 2.14. The second kappa shape index (κ2) is 14.5. The Morgan fingerprint density at radius 1 is 1.00 bits per heavy atom. The van der Waals surface area contributed by atoms with Crippen molar-refractivity contribution in [1.82, 2.24) is 5.32 Å². The molecule has 2 rings (SSSR count). The van der Waals surface area contributed by atoms with Gasteiger partial charge in [-0.05, 0) is 19.8 Å². The van der Waals surface area contributed by atoms with E-state index in [1.807, 2.05) is 19.1 Å². The van der Waals surface area contributed by atoms with E-state index >= 15 is 0 Å². The van der Waals surface area contributed by atoms with E-state index in [9.17, 15) is 0 Å². The third-order valence-corrected chi connectivity index (χ3v) is 4.79. The highest BCUT2D eigenvalue weighted by atomic mass is 127. The van der Waals surface area contributed by atoms with E-state index in [2.05, 4.69) is 15.6 Å². The van der Waals surface area contributed by atoms with Crippen LogP contribution in [0, 0.1) is 0 Å². The van der Waals surface area contributed by atoms with Gasteiger partial charge in [0.1, 0.15) is 0 Å². The van der Waals surface area contributed by atoms with Crippen LogP contribution in [0.2, 0.25) is 0 Å². The van der Waals surface area contributed by atoms with E-state index in [0.717, 1.165) is 12.2 Å². The van der Waals surface area contributed by atoms with Gasteiger partial charge < -0.3 is 29.6 Å². The molecular formula is C21H36IN3O4. The van der Waals surface area contributed by atoms with Crippen molar-refractivity contribution in [2.24, 2.45) is 4.99 Å². The van der Waals surface area contributed by atoms with E-state index in [0.29, 0.717) is 42.5 Å². The predicted molar refractivity (Wildman–Crippen MR) is 129 cm³/mol. The number of guanidine groups is 1. The first-order chi connectivity index (χ1) is 13.7. The number of anilines is 1. The fraction of sp³-hybridized carbons (Fsp3) is 0.667. The lowest BCUT2D eigenvalue weighted by Crippen LogP contribution is -2.31. The first kappa shape index (κ1) is 25.6. The Balaban J connectivity index is 0.00000420. The molecule has 0 bridgehead atoms. The fourth-order valence-electron chi connectivity index (χ4n) is 3.38. The molecule has 1 aliphatic rings. The summed E-state index contributed by atoms with van der Waals surface area (Å²) < 4.78 is 22.2. The number of rotatable bonds is 9. The number of nitrogens with one attached hydrogen (secondary N) is 2. The minimum Gasteiger partial charge on any atom is -0.493 e. The largest absolute Gasteiger partial charge is 0.493 e. The number of benzene rings is 1. The first-order valence-electron chi connectivity index (χ1n) is 10.2. The maximum atomic E-state index is 6.03. The molecule has 7 nitrogen and oxygen atoms in total. The maximum absolute atomic E-state index is 6.03. The van der Waals surface area contributed by atoms with Gasteiger partial charge in [-0.25, -0.2) is 0 Å². The van der Waals surface area contributed by atoms with Crippen LogP contribution in [0.4, 0.5) is 5.69 Å². The van der Waals surface area contributed by atoms with Gasteiger partial charge in [0.05, 0.1) is 40.6 Å². The van der Waals surface area contributed by atoms with Crippen LogP contribution < -0.4 is 24.8 Å². The Kier molecular flexibility index (Phi) is 12.8. The van der Waals surface area contributed by atoms with Crippen molar-refractivity contribution in [1.29, 1.82) is 0 Å². The summed E-state index contributed by atoms with van der Waals surface area (Å²) in [5.74, 6) is 2.45. The lowest BCUT2D eigenvalue weighted by atomic mass is 10.1. The fourth-order valence-corrected chi connectivity index (χ4v) is 3.38. The molecule has 1 aromatic carbocycles. The summed E-state index contributed by atoms with van der Waals surface area (Å²) in [6.45, 7) is 4.04. The van der Waals surface area contributed by atoms with Gasteiger partial charge in [-0.15, -0.1) is 24.0 Å². The summed E-state index contributed by atoms with van der Waals surface area (Å²) in [7, 11) is 4.80. The minimum atomic E-state index is 0. The summed E-state index contributed by atoms with van der Waals surface area (Å²) in [6.07, 6.45) is 7.96. The zero-order chi connectivity index (χ0) is 20.2. The lowest BCUT2D eigenvalue weighted by molar-refractivity contribution is 0.0487. The average molecular weight is 521 g/mol. The van der Waals surface area contributed by atoms with E-state index in [1.54, 1.807) is 21.3 Å². The van der Waals surface area contributed by atoms with Crippen LogP contribution in [0.3, 0.4) is 0 Å². The summed E-state index contributed by atoms with van der Waals surface area (Å²) in [4.78, 5) is 4.63. The van der Waals surface area contributed by atoms with Crippen molar-refractivity contribution in [3.63, 3.8) is 0 Å². The van der Waals surface area contributed by atoms with Gasteiger partial charge in [0.25, 0.3) is 0 Å². The van der Waals surface area contributed by atoms with Crippen molar-refractivity contribution in [2.75, 3.05) is 46.3 Å². The number of hydrogen-bond acceptors (Lipinski definition) is 5. The van der Waals surface area contributed by atoms with Crippen LogP contribution >= 0.6 is 24.0 Å². The molecule has 0 spiro atoms. The smallest absolute Gasteiger partial charge is 0.203 e. The normalized spacial score (nSPS) is 15.1. The Bertz CT molecular complexity index is 595. The van der Waals surface area contributed by atoms with Crippen LogP contribution in [0.1, 0.15) is 45.4 Å². The van der Waals surface area contributed by atoms with Gasteiger partial charge in [0.15, 0.2) is 17.5 Å². The monoisotopic (exact) mass is 521 g/mol. The van der Waals surface area contributed by atoms with E-state index in [1.165, 1.54) is 38.5 Å². The first-order valence-corrected chi connectivity index (χ1v) is 10.2.